The summed E-state index contributed by atoms with van der Waals surface area (Å²) in [6.07, 6.45) is 4.29. The Balaban J connectivity index is 1.35. The molecule has 0 aliphatic carbocycles. The van der Waals surface area contributed by atoms with Crippen molar-refractivity contribution in [1.82, 2.24) is 4.90 Å². The number of benzene rings is 3. The number of aliphatic hydroxyl groups is 1. The summed E-state index contributed by atoms with van der Waals surface area (Å²) >= 11 is 0. The number of carbonyl (C=O) groups excluding carboxylic acids is 1. The summed E-state index contributed by atoms with van der Waals surface area (Å²) in [4.78, 5) is 14.9. The SMILES string of the molecule is CC(C)(C)C(=O)Oc1ccc2c(c1)OC[C@H](c1ccccc1)[C@]2(O)Cc1ccc(OCCN2CCCCC2)cc1. The smallest absolute Gasteiger partial charge is 0.316 e. The molecule has 0 spiro atoms. The van der Waals surface area contributed by atoms with E-state index in [2.05, 4.69) is 4.90 Å². The Hall–Kier alpha value is -3.35. The predicted octanol–water partition coefficient (Wildman–Crippen LogP) is 6.11. The van der Waals surface area contributed by atoms with Gasteiger partial charge < -0.3 is 19.3 Å². The van der Waals surface area contributed by atoms with Gasteiger partial charge in [-0.25, -0.2) is 0 Å². The number of fused-ring (bicyclic) bond motifs is 1. The molecule has 2 atom stereocenters. The van der Waals surface area contributed by atoms with Crippen molar-refractivity contribution in [2.75, 3.05) is 32.8 Å². The molecule has 0 unspecified atom stereocenters. The third-order valence-corrected chi connectivity index (χ3v) is 7.95. The van der Waals surface area contributed by atoms with Gasteiger partial charge in [-0.2, -0.15) is 0 Å². The minimum absolute atomic E-state index is 0.273. The van der Waals surface area contributed by atoms with Crippen molar-refractivity contribution in [2.45, 2.75) is 58.0 Å². The van der Waals surface area contributed by atoms with Gasteiger partial charge in [0.05, 0.1) is 17.9 Å². The molecule has 3 aromatic carbocycles. The summed E-state index contributed by atoms with van der Waals surface area (Å²) in [5, 5.41) is 12.4. The van der Waals surface area contributed by atoms with Gasteiger partial charge in [0.2, 0.25) is 0 Å². The number of likely N-dealkylation sites (tertiary alicyclic amines) is 1. The van der Waals surface area contributed by atoms with E-state index in [-0.39, 0.29) is 11.9 Å². The number of esters is 1. The number of carbonyl (C=O) groups is 1. The molecule has 40 heavy (non-hydrogen) atoms. The number of nitrogens with zero attached hydrogens (tertiary/aromatic N) is 1. The second-order valence-corrected chi connectivity index (χ2v) is 12.1. The van der Waals surface area contributed by atoms with Gasteiger partial charge in [-0.15, -0.1) is 0 Å². The highest BCUT2D eigenvalue weighted by atomic mass is 16.5. The molecule has 3 aromatic rings. The zero-order valence-corrected chi connectivity index (χ0v) is 23.9. The van der Waals surface area contributed by atoms with Gasteiger partial charge in [-0.3, -0.25) is 9.69 Å². The highest BCUT2D eigenvalue weighted by Crippen LogP contribution is 2.48. The molecule has 0 saturated carbocycles. The quantitative estimate of drug-likeness (QED) is 0.273. The molecular formula is C34H41NO5. The Morgan fingerprint density at radius 2 is 1.68 bits per heavy atom. The van der Waals surface area contributed by atoms with Crippen LogP contribution >= 0.6 is 0 Å². The molecule has 2 aliphatic heterocycles. The molecule has 1 fully saturated rings. The van der Waals surface area contributed by atoms with Gasteiger partial charge in [-0.05, 0) is 82.1 Å². The number of ether oxygens (including phenoxy) is 3. The molecule has 2 heterocycles. The van der Waals surface area contributed by atoms with E-state index in [1.165, 1.54) is 19.3 Å². The topological polar surface area (TPSA) is 68.2 Å². The number of hydrogen-bond donors (Lipinski definition) is 1. The Labute approximate surface area is 237 Å². The Morgan fingerprint density at radius 1 is 0.975 bits per heavy atom. The van der Waals surface area contributed by atoms with Gasteiger partial charge in [0, 0.05) is 24.6 Å². The number of piperidine rings is 1. The molecular weight excluding hydrogens is 502 g/mol. The fourth-order valence-corrected chi connectivity index (χ4v) is 5.57. The first-order chi connectivity index (χ1) is 19.2. The molecule has 1 saturated heterocycles. The van der Waals surface area contributed by atoms with Crippen molar-refractivity contribution in [3.63, 3.8) is 0 Å². The van der Waals surface area contributed by atoms with E-state index in [1.54, 1.807) is 12.1 Å². The van der Waals surface area contributed by atoms with Gasteiger partial charge in [0.25, 0.3) is 0 Å². The molecule has 0 aromatic heterocycles. The van der Waals surface area contributed by atoms with Crippen LogP contribution in [0.2, 0.25) is 0 Å². The third-order valence-electron chi connectivity index (χ3n) is 7.95. The van der Waals surface area contributed by atoms with E-state index >= 15 is 0 Å². The van der Waals surface area contributed by atoms with Crippen LogP contribution in [0.3, 0.4) is 0 Å². The first-order valence-corrected chi connectivity index (χ1v) is 14.4. The van der Waals surface area contributed by atoms with Crippen LogP contribution in [0.5, 0.6) is 17.2 Å². The van der Waals surface area contributed by atoms with Crippen LogP contribution < -0.4 is 14.2 Å². The lowest BCUT2D eigenvalue weighted by Crippen LogP contribution is -2.42. The Kier molecular flexibility index (Phi) is 8.48. The minimum atomic E-state index is -1.22. The lowest BCUT2D eigenvalue weighted by Gasteiger charge is -2.42. The first kappa shape index (κ1) is 28.2. The van der Waals surface area contributed by atoms with Crippen LogP contribution in [0, 0.1) is 5.41 Å². The molecule has 212 valence electrons. The van der Waals surface area contributed by atoms with Crippen molar-refractivity contribution in [2.24, 2.45) is 5.41 Å². The van der Waals surface area contributed by atoms with E-state index in [0.29, 0.717) is 36.7 Å². The van der Waals surface area contributed by atoms with Gasteiger partial charge in [-0.1, -0.05) is 48.9 Å². The summed E-state index contributed by atoms with van der Waals surface area (Å²) in [6.45, 7) is 9.71. The molecule has 0 amide bonds. The second kappa shape index (κ2) is 12.0. The van der Waals surface area contributed by atoms with Crippen molar-refractivity contribution < 1.29 is 24.1 Å². The van der Waals surface area contributed by atoms with Crippen LogP contribution in [0.4, 0.5) is 0 Å². The predicted molar refractivity (Wildman–Crippen MR) is 156 cm³/mol. The van der Waals surface area contributed by atoms with Crippen molar-refractivity contribution >= 4 is 5.97 Å². The monoisotopic (exact) mass is 543 g/mol. The van der Waals surface area contributed by atoms with Crippen LogP contribution in [0.15, 0.2) is 72.8 Å². The average molecular weight is 544 g/mol. The van der Waals surface area contributed by atoms with Crippen molar-refractivity contribution in [3.05, 3.63) is 89.5 Å². The lowest BCUT2D eigenvalue weighted by atomic mass is 9.72. The molecule has 1 N–H and O–H groups in total. The zero-order valence-electron chi connectivity index (χ0n) is 23.9. The van der Waals surface area contributed by atoms with Gasteiger partial charge >= 0.3 is 5.97 Å². The van der Waals surface area contributed by atoms with E-state index in [0.717, 1.165) is 36.5 Å². The highest BCUT2D eigenvalue weighted by molar-refractivity contribution is 5.78. The largest absolute Gasteiger partial charge is 0.492 e. The third kappa shape index (κ3) is 6.51. The summed E-state index contributed by atoms with van der Waals surface area (Å²) in [6, 6.07) is 23.3. The fourth-order valence-electron chi connectivity index (χ4n) is 5.57. The van der Waals surface area contributed by atoms with E-state index < -0.39 is 11.0 Å². The number of rotatable bonds is 8. The van der Waals surface area contributed by atoms with E-state index in [1.807, 2.05) is 81.4 Å². The van der Waals surface area contributed by atoms with Crippen LogP contribution in [0.25, 0.3) is 0 Å². The van der Waals surface area contributed by atoms with Crippen molar-refractivity contribution in [1.29, 1.82) is 0 Å². The van der Waals surface area contributed by atoms with E-state index in [9.17, 15) is 9.90 Å². The maximum atomic E-state index is 12.5. The van der Waals surface area contributed by atoms with Crippen LogP contribution in [-0.4, -0.2) is 48.8 Å². The van der Waals surface area contributed by atoms with Crippen LogP contribution in [0.1, 0.15) is 62.6 Å². The minimum Gasteiger partial charge on any atom is -0.492 e. The summed E-state index contributed by atoms with van der Waals surface area (Å²) < 4.78 is 17.8. The molecule has 0 radical (unpaired) electrons. The average Bonchev–Trinajstić information content (AvgIpc) is 2.95. The highest BCUT2D eigenvalue weighted by Gasteiger charge is 2.45. The summed E-state index contributed by atoms with van der Waals surface area (Å²) in [7, 11) is 0. The Morgan fingerprint density at radius 3 is 2.38 bits per heavy atom. The summed E-state index contributed by atoms with van der Waals surface area (Å²) in [5.74, 6) is 1.19. The first-order valence-electron chi connectivity index (χ1n) is 14.4. The van der Waals surface area contributed by atoms with Gasteiger partial charge in [0.1, 0.15) is 29.5 Å². The second-order valence-electron chi connectivity index (χ2n) is 12.1. The fraction of sp³-hybridized carbons (Fsp3) is 0.441. The normalized spacial score (nSPS) is 21.2. The van der Waals surface area contributed by atoms with Gasteiger partial charge in [0.15, 0.2) is 0 Å². The maximum Gasteiger partial charge on any atom is 0.316 e. The molecule has 6 heteroatoms. The molecule has 0 bridgehead atoms. The van der Waals surface area contributed by atoms with Crippen LogP contribution in [-0.2, 0) is 16.8 Å². The maximum absolute atomic E-state index is 12.5. The standard InChI is InChI=1S/C34H41NO5/c1-33(2,3)32(36)40-28-16-17-29-31(22-28)39-24-30(26-10-6-4-7-11-26)34(29,37)23-25-12-14-27(15-13-25)38-21-20-35-18-8-5-9-19-35/h4,6-7,10-17,22,30,37H,5,8-9,18-21,23-24H2,1-3H3/t30-,34+/m1/s1. The summed E-state index contributed by atoms with van der Waals surface area (Å²) in [5.41, 5.74) is 0.849. The molecule has 5 rings (SSSR count). The lowest BCUT2D eigenvalue weighted by molar-refractivity contribution is -0.143. The number of hydrogen-bond acceptors (Lipinski definition) is 6. The molecule has 2 aliphatic rings. The van der Waals surface area contributed by atoms with Crippen molar-refractivity contribution in [3.8, 4) is 17.2 Å². The Bertz CT molecular complexity index is 1280. The molecule has 6 nitrogen and oxygen atoms in total. The van der Waals surface area contributed by atoms with E-state index in [4.69, 9.17) is 14.2 Å². The zero-order chi connectivity index (χ0) is 28.2.